The Morgan fingerprint density at radius 1 is 0.800 bits per heavy atom. The number of carbonyl (C=O) groups excluding carboxylic acids is 7. The lowest BCUT2D eigenvalue weighted by Crippen LogP contribution is -2.63. The zero-order valence-electron chi connectivity index (χ0n) is 36.5. The van der Waals surface area contributed by atoms with E-state index in [0.29, 0.717) is 31.0 Å². The molecule has 0 radical (unpaired) electrons. The number of aliphatic hydroxyl groups is 2. The number of hydrogen-bond acceptors (Lipinski definition) is 12. The van der Waals surface area contributed by atoms with Gasteiger partial charge in [-0.25, -0.2) is 9.59 Å². The van der Waals surface area contributed by atoms with Gasteiger partial charge in [-0.15, -0.1) is 0 Å². The largest absolute Gasteiger partial charge is 0.480 e. The van der Waals surface area contributed by atoms with E-state index in [0.717, 1.165) is 18.8 Å². The highest BCUT2D eigenvalue weighted by molar-refractivity contribution is 8.13. The molecule has 2 rings (SSSR count). The predicted molar refractivity (Wildman–Crippen MR) is 226 cm³/mol. The minimum atomic E-state index is -1.91. The Morgan fingerprint density at radius 3 is 1.77 bits per heavy atom. The summed E-state index contributed by atoms with van der Waals surface area (Å²) in [4.78, 5) is 96.8. The average molecular weight is 866 g/mol. The number of nitrogens with one attached hydrogen (secondary N) is 5. The first kappa shape index (κ1) is 53.5. The molecule has 1 heterocycles. The molecule has 18 heteroatoms. The molecule has 0 saturated carbocycles. The summed E-state index contributed by atoms with van der Waals surface area (Å²) < 4.78 is 5.26. The third-order valence-corrected chi connectivity index (χ3v) is 10.5. The standard InChI is InChI=1S/C26H41N3O5.C16H26N2O7S/c1-17(2)12-21(15-30)27-24(31)22(13-18(3)4)28-25(32)23(14-19(5)6)29-26(33)34-16-20-10-8-7-9-11-20;1-7(2)5-11(20)16(12(21)8(3)13(22)18-16)15(25)26-6-10(14(23)24)17-9(4)19/h7-11,15,17-19,21-23H,12-14,16H2,1-6H3,(H,27,31)(H,28,32)(H,29,33);7-8,10-12,20-21H,5-6H2,1-4H3,(H,17,19)(H,18,22)(H,23,24)/t21-,22-,23-;8-,10+,11+,12+,16-/m01/s1. The minimum absolute atomic E-state index is 0.00849. The van der Waals surface area contributed by atoms with Crippen LogP contribution in [0.5, 0.6) is 0 Å². The summed E-state index contributed by atoms with van der Waals surface area (Å²) in [5.74, 6) is -4.05. The highest BCUT2D eigenvalue weighted by atomic mass is 32.2. The second kappa shape index (κ2) is 25.9. The number of aliphatic carboxylic acids is 1. The van der Waals surface area contributed by atoms with Crippen LogP contribution in [0.15, 0.2) is 30.3 Å². The first-order valence-corrected chi connectivity index (χ1v) is 21.3. The van der Waals surface area contributed by atoms with Crippen molar-refractivity contribution in [2.24, 2.45) is 29.6 Å². The fourth-order valence-corrected chi connectivity index (χ4v) is 7.46. The lowest BCUT2D eigenvalue weighted by molar-refractivity contribution is -0.140. The summed E-state index contributed by atoms with van der Waals surface area (Å²) in [6.45, 7) is 18.0. The molecule has 8 atom stereocenters. The van der Waals surface area contributed by atoms with Gasteiger partial charge in [0.2, 0.25) is 28.7 Å². The maximum Gasteiger partial charge on any atom is 0.408 e. The van der Waals surface area contributed by atoms with Crippen molar-refractivity contribution in [1.29, 1.82) is 0 Å². The number of amides is 5. The van der Waals surface area contributed by atoms with E-state index in [1.807, 2.05) is 85.7 Å². The minimum Gasteiger partial charge on any atom is -0.480 e. The quantitative estimate of drug-likeness (QED) is 0.0781. The summed E-state index contributed by atoms with van der Waals surface area (Å²) in [7, 11) is 0. The number of hydrogen-bond donors (Lipinski definition) is 8. The maximum atomic E-state index is 13.1. The summed E-state index contributed by atoms with van der Waals surface area (Å²) in [6.07, 6.45) is -1.31. The molecule has 1 aliphatic heterocycles. The molecule has 0 bridgehead atoms. The number of rotatable bonds is 22. The number of thioether (sulfide) groups is 1. The fourth-order valence-electron chi connectivity index (χ4n) is 6.37. The number of ether oxygens (including phenoxy) is 1. The molecule has 60 heavy (non-hydrogen) atoms. The topological polar surface area (TPSA) is 267 Å². The van der Waals surface area contributed by atoms with Gasteiger partial charge in [0.25, 0.3) is 0 Å². The van der Waals surface area contributed by atoms with Crippen LogP contribution >= 0.6 is 11.8 Å². The van der Waals surface area contributed by atoms with Crippen LogP contribution in [0.2, 0.25) is 0 Å². The van der Waals surface area contributed by atoms with Crippen molar-refractivity contribution in [2.45, 2.75) is 143 Å². The van der Waals surface area contributed by atoms with Gasteiger partial charge in [0.15, 0.2) is 5.54 Å². The Labute approximate surface area is 357 Å². The van der Waals surface area contributed by atoms with Gasteiger partial charge in [0, 0.05) is 12.7 Å². The van der Waals surface area contributed by atoms with E-state index in [-0.39, 0.29) is 42.5 Å². The molecule has 0 aromatic heterocycles. The van der Waals surface area contributed by atoms with Crippen LogP contribution in [-0.4, -0.2) is 110 Å². The van der Waals surface area contributed by atoms with E-state index < -0.39 is 88.6 Å². The predicted octanol–water partition coefficient (Wildman–Crippen LogP) is 2.70. The van der Waals surface area contributed by atoms with Gasteiger partial charge < -0.3 is 51.4 Å². The van der Waals surface area contributed by atoms with Crippen LogP contribution < -0.4 is 26.6 Å². The van der Waals surface area contributed by atoms with Crippen LogP contribution in [0.1, 0.15) is 100 Å². The normalized spacial score (nSPS) is 19.8. The first-order valence-electron chi connectivity index (χ1n) is 20.3. The fraction of sp³-hybridized carbons (Fsp3) is 0.667. The van der Waals surface area contributed by atoms with Gasteiger partial charge in [-0.05, 0) is 54.9 Å². The van der Waals surface area contributed by atoms with E-state index in [9.17, 15) is 48.6 Å². The number of aldehydes is 1. The lowest BCUT2D eigenvalue weighted by atomic mass is 9.82. The van der Waals surface area contributed by atoms with Crippen LogP contribution in [-0.2, 0) is 44.9 Å². The summed E-state index contributed by atoms with van der Waals surface area (Å²) in [5, 5.41) is 42.2. The smallest absolute Gasteiger partial charge is 0.408 e. The third kappa shape index (κ3) is 18.0. The van der Waals surface area contributed by atoms with Crippen LogP contribution in [0.4, 0.5) is 4.79 Å². The number of aliphatic hydroxyl groups excluding tert-OH is 2. The molecule has 1 aromatic rings. The zero-order valence-corrected chi connectivity index (χ0v) is 37.3. The molecule has 5 amide bonds. The van der Waals surface area contributed by atoms with E-state index in [1.54, 1.807) is 0 Å². The molecule has 0 aliphatic carbocycles. The Kier molecular flexibility index (Phi) is 23.1. The molecule has 17 nitrogen and oxygen atoms in total. The van der Waals surface area contributed by atoms with E-state index >= 15 is 0 Å². The highest BCUT2D eigenvalue weighted by Gasteiger charge is 2.59. The second-order valence-corrected chi connectivity index (χ2v) is 17.9. The summed E-state index contributed by atoms with van der Waals surface area (Å²) >= 11 is 0.545. The molecule has 0 spiro atoms. The lowest BCUT2D eigenvalue weighted by Gasteiger charge is -2.36. The SMILES string of the molecule is CC(=O)N[C@@H](CSC(=O)[C@]1([C@@H](O)CC(C)C)NC(=O)[C@H](C)[C@@H]1O)C(=O)O.CC(C)C[C@@H](C=O)NC(=O)[C@H](CC(C)C)NC(=O)[C@H](CC(C)C)NC(=O)OCc1ccccc1. The van der Waals surface area contributed by atoms with Crippen molar-refractivity contribution in [3.05, 3.63) is 35.9 Å². The molecule has 1 fully saturated rings. The van der Waals surface area contributed by atoms with E-state index in [4.69, 9.17) is 9.84 Å². The van der Waals surface area contributed by atoms with Gasteiger partial charge in [-0.2, -0.15) is 0 Å². The first-order chi connectivity index (χ1) is 27.9. The molecular weight excluding hydrogens is 799 g/mol. The van der Waals surface area contributed by atoms with Crippen molar-refractivity contribution >= 4 is 58.9 Å². The van der Waals surface area contributed by atoms with Crippen LogP contribution in [0.25, 0.3) is 0 Å². The van der Waals surface area contributed by atoms with Crippen molar-refractivity contribution in [1.82, 2.24) is 26.6 Å². The Balaban J connectivity index is 0.000000622. The summed E-state index contributed by atoms with van der Waals surface area (Å²) in [6, 6.07) is 5.64. The van der Waals surface area contributed by atoms with E-state index in [2.05, 4.69) is 26.6 Å². The number of carboxylic acid groups (broad SMARTS) is 1. The van der Waals surface area contributed by atoms with Crippen LogP contribution in [0.3, 0.4) is 0 Å². The van der Waals surface area contributed by atoms with Crippen molar-refractivity contribution < 1.29 is 58.4 Å². The van der Waals surface area contributed by atoms with Crippen LogP contribution in [0, 0.1) is 29.6 Å². The van der Waals surface area contributed by atoms with Crippen molar-refractivity contribution in [3.63, 3.8) is 0 Å². The van der Waals surface area contributed by atoms with Gasteiger partial charge in [-0.3, -0.25) is 24.0 Å². The Morgan fingerprint density at radius 2 is 1.32 bits per heavy atom. The molecule has 0 unspecified atom stereocenters. The number of benzene rings is 1. The van der Waals surface area contributed by atoms with Gasteiger partial charge in [-0.1, -0.05) is 104 Å². The summed E-state index contributed by atoms with van der Waals surface area (Å²) in [5.41, 5.74) is -1.08. The molecular formula is C42H67N5O12S. The van der Waals surface area contributed by atoms with E-state index in [1.165, 1.54) is 6.92 Å². The molecule has 338 valence electrons. The maximum absolute atomic E-state index is 13.1. The van der Waals surface area contributed by atoms with Crippen molar-refractivity contribution in [2.75, 3.05) is 5.75 Å². The average Bonchev–Trinajstić information content (AvgIpc) is 3.38. The molecule has 1 aromatic carbocycles. The van der Waals surface area contributed by atoms with Crippen molar-refractivity contribution in [3.8, 4) is 0 Å². The molecule has 1 saturated heterocycles. The zero-order chi connectivity index (χ0) is 45.9. The highest BCUT2D eigenvalue weighted by Crippen LogP contribution is 2.36. The second-order valence-electron chi connectivity index (χ2n) is 16.9. The van der Waals surface area contributed by atoms with Gasteiger partial charge >= 0.3 is 12.1 Å². The number of carboxylic acids is 1. The Bertz CT molecular complexity index is 1590. The van der Waals surface area contributed by atoms with Gasteiger partial charge in [0.1, 0.15) is 31.0 Å². The third-order valence-electron chi connectivity index (χ3n) is 9.38. The number of carbonyl (C=O) groups is 8. The monoisotopic (exact) mass is 865 g/mol. The number of alkyl carbamates (subject to hydrolysis) is 1. The van der Waals surface area contributed by atoms with Gasteiger partial charge in [0.05, 0.1) is 24.2 Å². The Hall–Kier alpha value is -4.55. The molecule has 1 aliphatic rings. The molecule has 8 N–H and O–H groups in total.